The first kappa shape index (κ1) is 5.10. The van der Waals surface area contributed by atoms with Gasteiger partial charge in [-0.1, -0.05) is 0 Å². The second kappa shape index (κ2) is 2.31. The van der Waals surface area contributed by atoms with Gasteiger partial charge in [0.05, 0.1) is 0 Å². The highest BCUT2D eigenvalue weighted by molar-refractivity contribution is 5.96. The third-order valence-electron chi connectivity index (χ3n) is 1.00. The highest BCUT2D eigenvalue weighted by Gasteiger charge is 1.99. The van der Waals surface area contributed by atoms with Crippen LogP contribution in [-0.2, 0) is 0 Å². The quantitative estimate of drug-likeness (QED) is 0.472. The van der Waals surface area contributed by atoms with E-state index in [9.17, 15) is 0 Å². The molecule has 1 heterocycles. The van der Waals surface area contributed by atoms with Crippen molar-refractivity contribution in [2.75, 3.05) is 13.1 Å². The molecule has 0 atom stereocenters. The Bertz CT molecular complexity index is 142. The molecule has 0 aromatic rings. The first-order chi connectivity index (χ1) is 3.93. The largest absolute Gasteiger partial charge is 0.361 e. The molecule has 0 bridgehead atoms. The van der Waals surface area contributed by atoms with Gasteiger partial charge in [0.15, 0.2) is 0 Å². The van der Waals surface area contributed by atoms with Crippen molar-refractivity contribution in [2.45, 2.75) is 6.42 Å². The van der Waals surface area contributed by atoms with Gasteiger partial charge in [-0.3, -0.25) is 4.99 Å². The van der Waals surface area contributed by atoms with Crippen LogP contribution in [0, 0.1) is 11.3 Å². The summed E-state index contributed by atoms with van der Waals surface area (Å²) in [7, 11) is 0. The molecule has 1 N–H and O–H groups in total. The molecule has 3 nitrogen and oxygen atoms in total. The Hall–Kier alpha value is -1.04. The lowest BCUT2D eigenvalue weighted by Crippen LogP contribution is -2.27. The lowest BCUT2D eigenvalue weighted by Gasteiger charge is -2.06. The van der Waals surface area contributed by atoms with Crippen LogP contribution in [0.2, 0.25) is 0 Å². The summed E-state index contributed by atoms with van der Waals surface area (Å²) >= 11 is 0. The van der Waals surface area contributed by atoms with Crippen molar-refractivity contribution in [1.82, 2.24) is 5.32 Å². The normalized spacial score (nSPS) is 18.1. The molecule has 0 saturated carbocycles. The van der Waals surface area contributed by atoms with E-state index in [1.807, 2.05) is 6.07 Å². The minimum atomic E-state index is 0.483. The summed E-state index contributed by atoms with van der Waals surface area (Å²) in [6, 6.07) is 1.94. The Morgan fingerprint density at radius 1 is 1.75 bits per heavy atom. The number of nitrogens with one attached hydrogen (secondary N) is 1. The minimum absolute atomic E-state index is 0.483. The molecule has 3 heteroatoms. The maximum atomic E-state index is 8.25. The van der Waals surface area contributed by atoms with Crippen LogP contribution in [0.3, 0.4) is 0 Å². The van der Waals surface area contributed by atoms with Crippen molar-refractivity contribution >= 4 is 5.84 Å². The lowest BCUT2D eigenvalue weighted by molar-refractivity contribution is 0.745. The average molecular weight is 109 g/mol. The smallest absolute Gasteiger partial charge is 0.201 e. The third kappa shape index (κ3) is 0.969. The van der Waals surface area contributed by atoms with Gasteiger partial charge in [0.1, 0.15) is 6.07 Å². The molecule has 1 aliphatic heterocycles. The molecule has 42 valence electrons. The standard InChI is InChI=1S/C5H7N3/c6-4-5-7-2-1-3-8-5/h1-3H2,(H,7,8). The van der Waals surface area contributed by atoms with Crippen LogP contribution >= 0.6 is 0 Å². The van der Waals surface area contributed by atoms with E-state index < -0.39 is 0 Å². The van der Waals surface area contributed by atoms with Gasteiger partial charge in [-0.25, -0.2) is 0 Å². The summed E-state index contributed by atoms with van der Waals surface area (Å²) in [5.41, 5.74) is 0. The van der Waals surface area contributed by atoms with Crippen LogP contribution in [0.4, 0.5) is 0 Å². The van der Waals surface area contributed by atoms with Gasteiger partial charge in [-0.2, -0.15) is 5.26 Å². The van der Waals surface area contributed by atoms with Gasteiger partial charge in [0.25, 0.3) is 0 Å². The second-order valence-electron chi connectivity index (χ2n) is 1.62. The van der Waals surface area contributed by atoms with Crippen LogP contribution in [0.25, 0.3) is 0 Å². The molecule has 0 amide bonds. The number of hydrogen-bond donors (Lipinski definition) is 1. The molecule has 0 saturated heterocycles. The molecule has 1 aliphatic rings. The summed E-state index contributed by atoms with van der Waals surface area (Å²) in [5.74, 6) is 0.483. The van der Waals surface area contributed by atoms with Crippen LogP contribution in [-0.4, -0.2) is 18.9 Å². The number of nitrogens with zero attached hydrogens (tertiary/aromatic N) is 2. The number of hydrogen-bond acceptors (Lipinski definition) is 3. The van der Waals surface area contributed by atoms with E-state index in [4.69, 9.17) is 5.26 Å². The molecule has 0 spiro atoms. The van der Waals surface area contributed by atoms with Gasteiger partial charge in [-0.05, 0) is 6.42 Å². The molecular formula is C5H7N3. The summed E-state index contributed by atoms with van der Waals surface area (Å²) in [5, 5.41) is 11.1. The Labute approximate surface area is 48.0 Å². The maximum Gasteiger partial charge on any atom is 0.201 e. The zero-order chi connectivity index (χ0) is 5.82. The van der Waals surface area contributed by atoms with E-state index in [1.165, 1.54) is 0 Å². The first-order valence-corrected chi connectivity index (χ1v) is 2.62. The van der Waals surface area contributed by atoms with E-state index in [0.717, 1.165) is 19.5 Å². The van der Waals surface area contributed by atoms with Crippen molar-refractivity contribution < 1.29 is 0 Å². The van der Waals surface area contributed by atoms with Gasteiger partial charge < -0.3 is 5.32 Å². The summed E-state index contributed by atoms with van der Waals surface area (Å²) < 4.78 is 0. The predicted octanol–water partition coefficient (Wildman–Crippen LogP) is -0.0982. The minimum Gasteiger partial charge on any atom is -0.361 e. The topological polar surface area (TPSA) is 48.2 Å². The molecule has 0 aromatic carbocycles. The lowest BCUT2D eigenvalue weighted by atomic mass is 10.4. The van der Waals surface area contributed by atoms with E-state index in [2.05, 4.69) is 10.3 Å². The monoisotopic (exact) mass is 109 g/mol. The van der Waals surface area contributed by atoms with Gasteiger partial charge >= 0.3 is 0 Å². The molecule has 0 radical (unpaired) electrons. The van der Waals surface area contributed by atoms with Gasteiger partial charge in [0.2, 0.25) is 5.84 Å². The summed E-state index contributed by atoms with van der Waals surface area (Å²) in [6.45, 7) is 1.70. The van der Waals surface area contributed by atoms with Crippen molar-refractivity contribution in [2.24, 2.45) is 4.99 Å². The molecular weight excluding hydrogens is 102 g/mol. The fourth-order valence-electron chi connectivity index (χ4n) is 0.607. The van der Waals surface area contributed by atoms with Crippen molar-refractivity contribution in [3.63, 3.8) is 0 Å². The van der Waals surface area contributed by atoms with Crippen LogP contribution < -0.4 is 5.32 Å². The van der Waals surface area contributed by atoms with E-state index >= 15 is 0 Å². The van der Waals surface area contributed by atoms with Crippen LogP contribution in [0.1, 0.15) is 6.42 Å². The Kier molecular flexibility index (Phi) is 1.48. The molecule has 0 fully saturated rings. The molecule has 0 unspecified atom stereocenters. The SMILES string of the molecule is N#CC1=NCCCN1. The predicted molar refractivity (Wildman–Crippen MR) is 30.5 cm³/mol. The third-order valence-corrected chi connectivity index (χ3v) is 1.00. The second-order valence-corrected chi connectivity index (χ2v) is 1.62. The van der Waals surface area contributed by atoms with Crippen LogP contribution in [0.5, 0.6) is 0 Å². The Morgan fingerprint density at radius 2 is 2.62 bits per heavy atom. The number of rotatable bonds is 0. The fourth-order valence-corrected chi connectivity index (χ4v) is 0.607. The summed E-state index contributed by atoms with van der Waals surface area (Å²) in [4.78, 5) is 3.89. The molecule has 0 aromatic heterocycles. The maximum absolute atomic E-state index is 8.25. The Balaban J connectivity index is 2.53. The molecule has 1 rings (SSSR count). The van der Waals surface area contributed by atoms with Crippen molar-refractivity contribution in [3.05, 3.63) is 0 Å². The van der Waals surface area contributed by atoms with E-state index in [0.29, 0.717) is 5.84 Å². The first-order valence-electron chi connectivity index (χ1n) is 2.62. The van der Waals surface area contributed by atoms with Crippen molar-refractivity contribution in [1.29, 1.82) is 5.26 Å². The fraction of sp³-hybridized carbons (Fsp3) is 0.600. The van der Waals surface area contributed by atoms with E-state index in [1.54, 1.807) is 0 Å². The molecule has 8 heavy (non-hydrogen) atoms. The molecule has 0 aliphatic carbocycles. The van der Waals surface area contributed by atoms with Gasteiger partial charge in [-0.15, -0.1) is 0 Å². The highest BCUT2D eigenvalue weighted by Crippen LogP contribution is 1.86. The van der Waals surface area contributed by atoms with E-state index in [-0.39, 0.29) is 0 Å². The number of nitriles is 1. The highest BCUT2D eigenvalue weighted by atomic mass is 15.0. The average Bonchev–Trinajstić information content (AvgIpc) is 1.90. The van der Waals surface area contributed by atoms with Gasteiger partial charge in [0, 0.05) is 13.1 Å². The number of aliphatic imine (C=N–C) groups is 1. The zero-order valence-corrected chi connectivity index (χ0v) is 4.52. The summed E-state index contributed by atoms with van der Waals surface area (Å²) in [6.07, 6.45) is 1.05. The number of amidine groups is 1. The van der Waals surface area contributed by atoms with Crippen molar-refractivity contribution in [3.8, 4) is 6.07 Å². The van der Waals surface area contributed by atoms with Crippen LogP contribution in [0.15, 0.2) is 4.99 Å². The Morgan fingerprint density at radius 3 is 3.00 bits per heavy atom. The zero-order valence-electron chi connectivity index (χ0n) is 4.52.